The molecule has 0 atom stereocenters. The lowest BCUT2D eigenvalue weighted by atomic mass is 9.69. The maximum atomic E-state index is 12.8. The quantitative estimate of drug-likeness (QED) is 0.738. The van der Waals surface area contributed by atoms with Crippen LogP contribution in [0.15, 0.2) is 46.7 Å². The number of thiophene rings is 1. The lowest BCUT2D eigenvalue weighted by Crippen LogP contribution is -2.42. The summed E-state index contributed by atoms with van der Waals surface area (Å²) in [5.41, 5.74) is 1.08. The van der Waals surface area contributed by atoms with Crippen molar-refractivity contribution in [3.05, 3.63) is 52.9 Å². The van der Waals surface area contributed by atoms with Crippen LogP contribution in [-0.2, 0) is 26.8 Å². The minimum absolute atomic E-state index is 0.131. The first kappa shape index (κ1) is 20.0. The molecule has 1 aliphatic rings. The Morgan fingerprint density at radius 2 is 1.78 bits per heavy atom. The number of carbonyl (C=O) groups is 1. The Labute approximate surface area is 165 Å². The van der Waals surface area contributed by atoms with Gasteiger partial charge in [-0.15, -0.1) is 11.3 Å². The summed E-state index contributed by atoms with van der Waals surface area (Å²) in [6, 6.07) is 13.6. The zero-order valence-corrected chi connectivity index (χ0v) is 17.2. The van der Waals surface area contributed by atoms with E-state index >= 15 is 0 Å². The van der Waals surface area contributed by atoms with Crippen LogP contribution in [0.25, 0.3) is 0 Å². The number of rotatable bonds is 7. The molecule has 1 aromatic carbocycles. The van der Waals surface area contributed by atoms with Gasteiger partial charge in [0.15, 0.2) is 0 Å². The Bertz CT molecular complexity index is 870. The molecule has 2 N–H and O–H groups in total. The molecule has 27 heavy (non-hydrogen) atoms. The molecule has 1 saturated carbocycles. The predicted octanol–water partition coefficient (Wildman–Crippen LogP) is 3.56. The maximum absolute atomic E-state index is 12.8. The first-order chi connectivity index (χ1) is 12.9. The molecule has 1 fully saturated rings. The van der Waals surface area contributed by atoms with E-state index in [4.69, 9.17) is 0 Å². The average Bonchev–Trinajstić information content (AvgIpc) is 3.16. The van der Waals surface area contributed by atoms with Gasteiger partial charge in [0.2, 0.25) is 15.9 Å². The normalized spacial score (nSPS) is 16.8. The molecule has 1 amide bonds. The largest absolute Gasteiger partial charge is 0.351 e. The summed E-state index contributed by atoms with van der Waals surface area (Å²) in [7, 11) is -3.57. The van der Waals surface area contributed by atoms with Crippen molar-refractivity contribution in [1.29, 1.82) is 0 Å². The van der Waals surface area contributed by atoms with Crippen molar-refractivity contribution in [2.24, 2.45) is 0 Å². The third-order valence-corrected chi connectivity index (χ3v) is 8.19. The highest BCUT2D eigenvalue weighted by molar-refractivity contribution is 7.91. The lowest BCUT2D eigenvalue weighted by Gasteiger charge is -2.38. The van der Waals surface area contributed by atoms with Gasteiger partial charge in [-0.1, -0.05) is 49.6 Å². The number of sulfonamides is 1. The van der Waals surface area contributed by atoms with Crippen molar-refractivity contribution in [2.75, 3.05) is 6.54 Å². The molecule has 146 valence electrons. The van der Waals surface area contributed by atoms with E-state index in [0.717, 1.165) is 30.6 Å². The van der Waals surface area contributed by atoms with E-state index in [1.807, 2.05) is 18.2 Å². The maximum Gasteiger partial charge on any atom is 0.250 e. The summed E-state index contributed by atoms with van der Waals surface area (Å²) in [5, 5.41) is 2.69. The Balaban J connectivity index is 1.74. The molecule has 5 nitrogen and oxygen atoms in total. The van der Waals surface area contributed by atoms with Crippen LogP contribution in [0.3, 0.4) is 0 Å². The molecule has 0 aliphatic heterocycles. The molecule has 1 aliphatic carbocycles. The third-order valence-electron chi connectivity index (χ3n) is 5.21. The van der Waals surface area contributed by atoms with Crippen LogP contribution >= 0.6 is 11.3 Å². The van der Waals surface area contributed by atoms with E-state index in [1.54, 1.807) is 12.1 Å². The van der Waals surface area contributed by atoms with Crippen LogP contribution in [0, 0.1) is 0 Å². The third kappa shape index (κ3) is 4.97. The molecular weight excluding hydrogens is 380 g/mol. The fourth-order valence-corrected chi connectivity index (χ4v) is 6.17. The van der Waals surface area contributed by atoms with Gasteiger partial charge in [-0.2, -0.15) is 0 Å². The summed E-state index contributed by atoms with van der Waals surface area (Å²) >= 11 is 1.20. The van der Waals surface area contributed by atoms with Crippen molar-refractivity contribution in [3.8, 4) is 0 Å². The van der Waals surface area contributed by atoms with E-state index in [9.17, 15) is 13.2 Å². The molecule has 0 spiro atoms. The molecule has 0 radical (unpaired) electrons. The van der Waals surface area contributed by atoms with Crippen LogP contribution in [0.4, 0.5) is 0 Å². The Hall–Kier alpha value is -1.70. The highest BCUT2D eigenvalue weighted by Crippen LogP contribution is 2.39. The van der Waals surface area contributed by atoms with Crippen molar-refractivity contribution in [3.63, 3.8) is 0 Å². The lowest BCUT2D eigenvalue weighted by molar-refractivity contribution is -0.119. The van der Waals surface area contributed by atoms with Crippen LogP contribution in [0.2, 0.25) is 0 Å². The molecule has 7 heteroatoms. The Kier molecular flexibility index (Phi) is 6.34. The van der Waals surface area contributed by atoms with Gasteiger partial charge in [0.1, 0.15) is 4.21 Å². The number of carbonyl (C=O) groups excluding carboxylic acids is 1. The number of nitrogens with one attached hydrogen (secondary N) is 2. The summed E-state index contributed by atoms with van der Waals surface area (Å²) in [6.07, 6.45) is 5.45. The summed E-state index contributed by atoms with van der Waals surface area (Å²) < 4.78 is 28.8. The van der Waals surface area contributed by atoms with E-state index < -0.39 is 10.0 Å². The fraction of sp³-hybridized carbons (Fsp3) is 0.450. The molecule has 0 unspecified atom stereocenters. The fourth-order valence-electron chi connectivity index (χ4n) is 3.70. The highest BCUT2D eigenvalue weighted by atomic mass is 32.2. The van der Waals surface area contributed by atoms with Crippen LogP contribution < -0.4 is 10.0 Å². The zero-order valence-electron chi connectivity index (χ0n) is 15.5. The van der Waals surface area contributed by atoms with Gasteiger partial charge < -0.3 is 5.32 Å². The first-order valence-electron chi connectivity index (χ1n) is 9.30. The predicted molar refractivity (Wildman–Crippen MR) is 108 cm³/mol. The zero-order chi connectivity index (χ0) is 19.3. The summed E-state index contributed by atoms with van der Waals surface area (Å²) in [4.78, 5) is 11.9. The molecule has 0 saturated heterocycles. The topological polar surface area (TPSA) is 75.3 Å². The van der Waals surface area contributed by atoms with Gasteiger partial charge in [-0.05, 0) is 30.5 Å². The summed E-state index contributed by atoms with van der Waals surface area (Å²) in [6.45, 7) is 2.21. The Morgan fingerprint density at radius 1 is 1.07 bits per heavy atom. The first-order valence-corrected chi connectivity index (χ1v) is 11.6. The van der Waals surface area contributed by atoms with Gasteiger partial charge in [-0.3, -0.25) is 4.79 Å². The van der Waals surface area contributed by atoms with Gasteiger partial charge >= 0.3 is 0 Å². The van der Waals surface area contributed by atoms with Gasteiger partial charge in [0.25, 0.3) is 0 Å². The van der Waals surface area contributed by atoms with Crippen molar-refractivity contribution >= 4 is 27.3 Å². The van der Waals surface area contributed by atoms with E-state index in [-0.39, 0.29) is 11.3 Å². The second-order valence-corrected chi connectivity index (χ2v) is 10.3. The van der Waals surface area contributed by atoms with Crippen LogP contribution in [0.5, 0.6) is 0 Å². The van der Waals surface area contributed by atoms with Crippen LogP contribution in [0.1, 0.15) is 49.5 Å². The molecule has 2 aromatic rings. The number of hydrogen-bond donors (Lipinski definition) is 2. The minimum Gasteiger partial charge on any atom is -0.351 e. The molecule has 3 rings (SSSR count). The van der Waals surface area contributed by atoms with E-state index in [1.165, 1.54) is 30.2 Å². The van der Waals surface area contributed by atoms with Gasteiger partial charge in [0.05, 0.1) is 6.54 Å². The van der Waals surface area contributed by atoms with Crippen molar-refractivity contribution < 1.29 is 13.2 Å². The number of benzene rings is 1. The molecule has 0 bridgehead atoms. The molecule has 1 aromatic heterocycles. The van der Waals surface area contributed by atoms with E-state index in [2.05, 4.69) is 22.2 Å². The van der Waals surface area contributed by atoms with Gasteiger partial charge in [0, 0.05) is 23.8 Å². The SMILES string of the molecule is CC(=O)NCc1ccc(S(=O)(=O)NCC2(c3ccccc3)CCCCC2)s1. The summed E-state index contributed by atoms with van der Waals surface area (Å²) in [5.74, 6) is -0.131. The van der Waals surface area contributed by atoms with Gasteiger partial charge in [-0.25, -0.2) is 13.1 Å². The van der Waals surface area contributed by atoms with Crippen molar-refractivity contribution in [1.82, 2.24) is 10.0 Å². The molecular formula is C20H26N2O3S2. The Morgan fingerprint density at radius 3 is 2.44 bits per heavy atom. The van der Waals surface area contributed by atoms with E-state index in [0.29, 0.717) is 17.3 Å². The average molecular weight is 407 g/mol. The monoisotopic (exact) mass is 406 g/mol. The second kappa shape index (κ2) is 8.54. The smallest absolute Gasteiger partial charge is 0.250 e. The second-order valence-electron chi connectivity index (χ2n) is 7.16. The highest BCUT2D eigenvalue weighted by Gasteiger charge is 2.35. The minimum atomic E-state index is -3.57. The van der Waals surface area contributed by atoms with Crippen LogP contribution in [-0.4, -0.2) is 20.9 Å². The number of hydrogen-bond acceptors (Lipinski definition) is 4. The standard InChI is InChI=1S/C20H26N2O3S2/c1-16(23)21-14-18-10-11-19(26-18)27(24,25)22-15-20(12-6-3-7-13-20)17-8-4-2-5-9-17/h2,4-5,8-11,22H,3,6-7,12-15H2,1H3,(H,21,23). The van der Waals surface area contributed by atoms with Crippen molar-refractivity contribution in [2.45, 2.75) is 55.2 Å². The number of amides is 1. The molecule has 1 heterocycles.